The number of amides is 2. The number of rotatable bonds is 4. The average Bonchev–Trinajstić information content (AvgIpc) is 3.10. The Labute approximate surface area is 98.8 Å². The van der Waals surface area contributed by atoms with Crippen molar-refractivity contribution in [3.8, 4) is 0 Å². The molecule has 2 amide bonds. The zero-order chi connectivity index (χ0) is 12.3. The Kier molecular flexibility index (Phi) is 3.27. The van der Waals surface area contributed by atoms with Crippen molar-refractivity contribution in [2.24, 2.45) is 5.92 Å². The maximum Gasteiger partial charge on any atom is 0.405 e. The Morgan fingerprint density at radius 2 is 1.88 bits per heavy atom. The van der Waals surface area contributed by atoms with Crippen molar-refractivity contribution in [2.75, 3.05) is 5.32 Å². The highest BCUT2D eigenvalue weighted by molar-refractivity contribution is 5.96. The molecule has 0 radical (unpaired) electrons. The molecule has 0 saturated heterocycles. The van der Waals surface area contributed by atoms with Gasteiger partial charge in [-0.15, -0.1) is 0 Å². The van der Waals surface area contributed by atoms with Crippen LogP contribution in [0, 0.1) is 5.92 Å². The van der Waals surface area contributed by atoms with E-state index in [0.29, 0.717) is 5.69 Å². The largest absolute Gasteiger partial charge is 0.465 e. The number of hydrogen-bond acceptors (Lipinski definition) is 2. The zero-order valence-electron chi connectivity index (χ0n) is 9.22. The van der Waals surface area contributed by atoms with Gasteiger partial charge in [0.05, 0.1) is 0 Å². The molecule has 1 aromatic carbocycles. The number of para-hydroxylation sites is 1. The molecule has 1 fully saturated rings. The van der Waals surface area contributed by atoms with Crippen molar-refractivity contribution < 1.29 is 14.7 Å². The number of benzene rings is 1. The first-order valence-corrected chi connectivity index (χ1v) is 5.52. The number of carboxylic acid groups (broad SMARTS) is 1. The summed E-state index contributed by atoms with van der Waals surface area (Å²) in [6.07, 6.45) is 0.630. The van der Waals surface area contributed by atoms with Crippen molar-refractivity contribution in [1.82, 2.24) is 5.32 Å². The molecule has 3 N–H and O–H groups in total. The zero-order valence-corrected chi connectivity index (χ0v) is 9.22. The fourth-order valence-corrected chi connectivity index (χ4v) is 1.70. The van der Waals surface area contributed by atoms with Crippen LogP contribution in [0.15, 0.2) is 30.3 Å². The second-order valence-electron chi connectivity index (χ2n) is 4.12. The molecule has 1 unspecified atom stereocenters. The van der Waals surface area contributed by atoms with Crippen LogP contribution in [0.2, 0.25) is 0 Å². The van der Waals surface area contributed by atoms with Gasteiger partial charge in [-0.2, -0.15) is 0 Å². The van der Waals surface area contributed by atoms with E-state index in [9.17, 15) is 9.59 Å². The average molecular weight is 234 g/mol. The molecule has 2 rings (SSSR count). The summed E-state index contributed by atoms with van der Waals surface area (Å²) in [5, 5.41) is 13.7. The smallest absolute Gasteiger partial charge is 0.405 e. The summed E-state index contributed by atoms with van der Waals surface area (Å²) < 4.78 is 0. The van der Waals surface area contributed by atoms with Crippen molar-refractivity contribution in [1.29, 1.82) is 0 Å². The molecular weight excluding hydrogens is 220 g/mol. The molecule has 90 valence electrons. The second-order valence-corrected chi connectivity index (χ2v) is 4.12. The maximum atomic E-state index is 11.9. The fourth-order valence-electron chi connectivity index (χ4n) is 1.70. The monoisotopic (exact) mass is 234 g/mol. The minimum absolute atomic E-state index is 0.134. The molecule has 5 nitrogen and oxygen atoms in total. The predicted molar refractivity (Wildman–Crippen MR) is 62.7 cm³/mol. The Morgan fingerprint density at radius 1 is 1.24 bits per heavy atom. The predicted octanol–water partition coefficient (Wildman–Crippen LogP) is 1.67. The van der Waals surface area contributed by atoms with E-state index in [2.05, 4.69) is 10.6 Å². The first-order valence-electron chi connectivity index (χ1n) is 5.52. The van der Waals surface area contributed by atoms with E-state index in [1.165, 1.54) is 0 Å². The lowest BCUT2D eigenvalue weighted by Crippen LogP contribution is -2.44. The lowest BCUT2D eigenvalue weighted by molar-refractivity contribution is -0.118. The molecule has 1 aliphatic carbocycles. The third kappa shape index (κ3) is 3.21. The summed E-state index contributed by atoms with van der Waals surface area (Å²) in [7, 11) is 0. The van der Waals surface area contributed by atoms with Gasteiger partial charge in [-0.1, -0.05) is 18.2 Å². The van der Waals surface area contributed by atoms with Gasteiger partial charge in [0, 0.05) is 5.69 Å². The molecule has 17 heavy (non-hydrogen) atoms. The van der Waals surface area contributed by atoms with Crippen LogP contribution < -0.4 is 10.6 Å². The SMILES string of the molecule is O=C(O)NC(C(=O)Nc1ccccc1)C1CC1. The van der Waals surface area contributed by atoms with Gasteiger partial charge in [-0.25, -0.2) is 4.79 Å². The Hall–Kier alpha value is -2.04. The summed E-state index contributed by atoms with van der Waals surface area (Å²) in [6, 6.07) is 8.36. The van der Waals surface area contributed by atoms with Crippen molar-refractivity contribution in [2.45, 2.75) is 18.9 Å². The molecule has 1 aliphatic rings. The summed E-state index contributed by atoms with van der Waals surface area (Å²) >= 11 is 0. The number of hydrogen-bond donors (Lipinski definition) is 3. The van der Waals surface area contributed by atoms with E-state index < -0.39 is 12.1 Å². The summed E-state index contributed by atoms with van der Waals surface area (Å²) in [6.45, 7) is 0. The van der Waals surface area contributed by atoms with E-state index in [1.807, 2.05) is 18.2 Å². The van der Waals surface area contributed by atoms with Crippen molar-refractivity contribution in [3.63, 3.8) is 0 Å². The maximum absolute atomic E-state index is 11.9. The molecule has 0 aliphatic heterocycles. The van der Waals surface area contributed by atoms with E-state index in [4.69, 9.17) is 5.11 Å². The van der Waals surface area contributed by atoms with Gasteiger partial charge in [-0.05, 0) is 30.9 Å². The molecule has 5 heteroatoms. The number of carbonyl (C=O) groups excluding carboxylic acids is 1. The fraction of sp³-hybridized carbons (Fsp3) is 0.333. The van der Waals surface area contributed by atoms with Crippen molar-refractivity contribution in [3.05, 3.63) is 30.3 Å². The van der Waals surface area contributed by atoms with Crippen LogP contribution in [0.4, 0.5) is 10.5 Å². The van der Waals surface area contributed by atoms with Gasteiger partial charge in [-0.3, -0.25) is 4.79 Å². The van der Waals surface area contributed by atoms with Gasteiger partial charge in [0.15, 0.2) is 0 Å². The van der Waals surface area contributed by atoms with Gasteiger partial charge in [0.25, 0.3) is 0 Å². The van der Waals surface area contributed by atoms with E-state index in [-0.39, 0.29) is 11.8 Å². The standard InChI is InChI=1S/C12H14N2O3/c15-11(13-9-4-2-1-3-5-9)10(8-6-7-8)14-12(16)17/h1-5,8,10,14H,6-7H2,(H,13,15)(H,16,17). The first kappa shape index (κ1) is 11.4. The van der Waals surface area contributed by atoms with Crippen LogP contribution in [-0.2, 0) is 4.79 Å². The number of anilines is 1. The third-order valence-corrected chi connectivity index (χ3v) is 2.70. The van der Waals surface area contributed by atoms with E-state index in [0.717, 1.165) is 12.8 Å². The van der Waals surface area contributed by atoms with Crippen LogP contribution in [0.25, 0.3) is 0 Å². The lowest BCUT2D eigenvalue weighted by atomic mass is 10.1. The van der Waals surface area contributed by atoms with Crippen LogP contribution in [0.1, 0.15) is 12.8 Å². The normalized spacial score (nSPS) is 16.0. The number of nitrogens with one attached hydrogen (secondary N) is 2. The van der Waals surface area contributed by atoms with Crippen LogP contribution in [0.3, 0.4) is 0 Å². The van der Waals surface area contributed by atoms with Crippen LogP contribution in [-0.4, -0.2) is 23.1 Å². The Bertz CT molecular complexity index is 415. The molecule has 0 aromatic heterocycles. The second kappa shape index (κ2) is 4.86. The van der Waals surface area contributed by atoms with Gasteiger partial charge in [0.1, 0.15) is 6.04 Å². The molecular formula is C12H14N2O3. The minimum atomic E-state index is -1.16. The summed E-state index contributed by atoms with van der Waals surface area (Å²) in [5.41, 5.74) is 0.676. The molecule has 0 bridgehead atoms. The highest BCUT2D eigenvalue weighted by atomic mass is 16.4. The number of carbonyl (C=O) groups is 2. The first-order chi connectivity index (χ1) is 8.16. The highest BCUT2D eigenvalue weighted by Crippen LogP contribution is 2.33. The molecule has 0 heterocycles. The van der Waals surface area contributed by atoms with Crippen LogP contribution >= 0.6 is 0 Å². The summed E-state index contributed by atoms with van der Waals surface area (Å²) in [4.78, 5) is 22.5. The topological polar surface area (TPSA) is 78.4 Å². The Morgan fingerprint density at radius 3 is 2.41 bits per heavy atom. The Balaban J connectivity index is 1.99. The minimum Gasteiger partial charge on any atom is -0.465 e. The lowest BCUT2D eigenvalue weighted by Gasteiger charge is -2.15. The van der Waals surface area contributed by atoms with Gasteiger partial charge >= 0.3 is 6.09 Å². The van der Waals surface area contributed by atoms with Gasteiger partial charge < -0.3 is 15.7 Å². The quantitative estimate of drug-likeness (QED) is 0.741. The van der Waals surface area contributed by atoms with Gasteiger partial charge in [0.2, 0.25) is 5.91 Å². The molecule has 1 atom stereocenters. The summed E-state index contributed by atoms with van der Waals surface area (Å²) in [5.74, 6) is -0.157. The van der Waals surface area contributed by atoms with Crippen LogP contribution in [0.5, 0.6) is 0 Å². The van der Waals surface area contributed by atoms with Crippen molar-refractivity contribution >= 4 is 17.7 Å². The van der Waals surface area contributed by atoms with E-state index in [1.54, 1.807) is 12.1 Å². The molecule has 1 saturated carbocycles. The van der Waals surface area contributed by atoms with E-state index >= 15 is 0 Å². The third-order valence-electron chi connectivity index (χ3n) is 2.70. The highest BCUT2D eigenvalue weighted by Gasteiger charge is 2.37. The molecule has 0 spiro atoms. The molecule has 1 aromatic rings.